The zero-order chi connectivity index (χ0) is 17.5. The first kappa shape index (κ1) is 18.0. The van der Waals surface area contributed by atoms with Crippen LogP contribution in [-0.4, -0.2) is 36.2 Å². The average molecular weight is 376 g/mol. The van der Waals surface area contributed by atoms with Crippen LogP contribution in [0.5, 0.6) is 11.5 Å². The molecule has 1 aliphatic heterocycles. The SMILES string of the molecule is S=C(c1ccc(OCCOc2ccccc2Cl)cc1)N1CCCCC1. The van der Waals surface area contributed by atoms with Gasteiger partial charge >= 0.3 is 0 Å². The van der Waals surface area contributed by atoms with Gasteiger partial charge in [0.1, 0.15) is 29.7 Å². The standard InChI is InChI=1S/C20H22ClNO2S/c21-18-6-2-3-7-19(18)24-15-14-23-17-10-8-16(9-11-17)20(25)22-12-4-1-5-13-22/h2-3,6-11H,1,4-5,12-15H2. The van der Waals surface area contributed by atoms with Crippen LogP contribution in [-0.2, 0) is 0 Å². The van der Waals surface area contributed by atoms with E-state index in [9.17, 15) is 0 Å². The van der Waals surface area contributed by atoms with E-state index in [0.29, 0.717) is 24.0 Å². The molecule has 2 aromatic rings. The predicted molar refractivity (Wildman–Crippen MR) is 106 cm³/mol. The quantitative estimate of drug-likeness (QED) is 0.525. The topological polar surface area (TPSA) is 21.7 Å². The molecule has 0 N–H and O–H groups in total. The number of nitrogens with zero attached hydrogens (tertiary/aromatic N) is 1. The molecule has 25 heavy (non-hydrogen) atoms. The van der Waals surface area contributed by atoms with Gasteiger partial charge in [-0.3, -0.25) is 0 Å². The van der Waals surface area contributed by atoms with Crippen molar-refractivity contribution < 1.29 is 9.47 Å². The Morgan fingerprint density at radius 2 is 1.60 bits per heavy atom. The monoisotopic (exact) mass is 375 g/mol. The average Bonchev–Trinajstić information content (AvgIpc) is 2.67. The van der Waals surface area contributed by atoms with Crippen LogP contribution < -0.4 is 9.47 Å². The maximum absolute atomic E-state index is 6.05. The molecule has 3 nitrogen and oxygen atoms in total. The van der Waals surface area contributed by atoms with E-state index in [1.807, 2.05) is 48.5 Å². The van der Waals surface area contributed by atoms with Crippen LogP contribution in [0, 0.1) is 0 Å². The summed E-state index contributed by atoms with van der Waals surface area (Å²) in [7, 11) is 0. The van der Waals surface area contributed by atoms with Crippen molar-refractivity contribution in [1.29, 1.82) is 0 Å². The normalized spacial score (nSPS) is 14.2. The zero-order valence-electron chi connectivity index (χ0n) is 14.1. The minimum Gasteiger partial charge on any atom is -0.490 e. The summed E-state index contributed by atoms with van der Waals surface area (Å²) in [4.78, 5) is 3.24. The Bertz CT molecular complexity index is 699. The maximum Gasteiger partial charge on any atom is 0.138 e. The number of halogens is 1. The molecule has 2 aromatic carbocycles. The van der Waals surface area contributed by atoms with E-state index in [2.05, 4.69) is 4.90 Å². The number of piperidine rings is 1. The smallest absolute Gasteiger partial charge is 0.138 e. The van der Waals surface area contributed by atoms with Gasteiger partial charge in [0, 0.05) is 18.7 Å². The van der Waals surface area contributed by atoms with E-state index in [0.717, 1.165) is 29.4 Å². The lowest BCUT2D eigenvalue weighted by molar-refractivity contribution is 0.217. The van der Waals surface area contributed by atoms with E-state index in [1.165, 1.54) is 19.3 Å². The second-order valence-electron chi connectivity index (χ2n) is 6.00. The Morgan fingerprint density at radius 1 is 0.920 bits per heavy atom. The Labute approximate surface area is 159 Å². The van der Waals surface area contributed by atoms with Gasteiger partial charge in [-0.05, 0) is 55.7 Å². The van der Waals surface area contributed by atoms with E-state index >= 15 is 0 Å². The van der Waals surface area contributed by atoms with Gasteiger partial charge in [-0.15, -0.1) is 0 Å². The maximum atomic E-state index is 6.05. The number of para-hydroxylation sites is 1. The molecule has 0 saturated carbocycles. The lowest BCUT2D eigenvalue weighted by Crippen LogP contribution is -2.34. The number of ether oxygens (including phenoxy) is 2. The third-order valence-electron chi connectivity index (χ3n) is 4.19. The van der Waals surface area contributed by atoms with Crippen LogP contribution in [0.3, 0.4) is 0 Å². The summed E-state index contributed by atoms with van der Waals surface area (Å²) in [5.74, 6) is 1.49. The summed E-state index contributed by atoms with van der Waals surface area (Å²) in [6.07, 6.45) is 3.77. The molecular weight excluding hydrogens is 354 g/mol. The largest absolute Gasteiger partial charge is 0.490 e. The molecule has 0 atom stereocenters. The number of hydrogen-bond acceptors (Lipinski definition) is 3. The summed E-state index contributed by atoms with van der Waals surface area (Å²) in [6, 6.07) is 15.4. The summed E-state index contributed by atoms with van der Waals surface area (Å²) >= 11 is 11.7. The van der Waals surface area contributed by atoms with Gasteiger partial charge in [0.25, 0.3) is 0 Å². The second-order valence-corrected chi connectivity index (χ2v) is 6.80. The van der Waals surface area contributed by atoms with Crippen LogP contribution in [0.4, 0.5) is 0 Å². The van der Waals surface area contributed by atoms with E-state index < -0.39 is 0 Å². The van der Waals surface area contributed by atoms with Crippen LogP contribution in [0.2, 0.25) is 5.02 Å². The van der Waals surface area contributed by atoms with E-state index in [-0.39, 0.29) is 0 Å². The fourth-order valence-corrected chi connectivity index (χ4v) is 3.36. The number of likely N-dealkylation sites (tertiary alicyclic amines) is 1. The molecule has 1 fully saturated rings. The molecule has 0 aliphatic carbocycles. The van der Waals surface area contributed by atoms with Crippen molar-refractivity contribution >= 4 is 28.8 Å². The van der Waals surface area contributed by atoms with Crippen molar-refractivity contribution in [1.82, 2.24) is 4.90 Å². The molecule has 3 rings (SSSR count). The third kappa shape index (κ3) is 5.10. The van der Waals surface area contributed by atoms with E-state index in [4.69, 9.17) is 33.3 Å². The highest BCUT2D eigenvalue weighted by Crippen LogP contribution is 2.23. The van der Waals surface area contributed by atoms with Gasteiger partial charge < -0.3 is 14.4 Å². The Balaban J connectivity index is 1.46. The fourth-order valence-electron chi connectivity index (χ4n) is 2.85. The molecule has 5 heteroatoms. The fraction of sp³-hybridized carbons (Fsp3) is 0.350. The zero-order valence-corrected chi connectivity index (χ0v) is 15.7. The molecule has 1 aliphatic rings. The van der Waals surface area contributed by atoms with Gasteiger partial charge in [0.2, 0.25) is 0 Å². The predicted octanol–water partition coefficient (Wildman–Crippen LogP) is 4.96. The summed E-state index contributed by atoms with van der Waals surface area (Å²) in [6.45, 7) is 3.03. The van der Waals surface area contributed by atoms with Gasteiger partial charge in [-0.25, -0.2) is 0 Å². The molecule has 0 spiro atoms. The highest BCUT2D eigenvalue weighted by atomic mass is 35.5. The molecule has 132 valence electrons. The molecule has 1 saturated heterocycles. The molecule has 0 amide bonds. The molecule has 1 heterocycles. The van der Waals surface area contributed by atoms with Gasteiger partial charge in [-0.2, -0.15) is 0 Å². The van der Waals surface area contributed by atoms with Crippen molar-refractivity contribution in [2.24, 2.45) is 0 Å². The van der Waals surface area contributed by atoms with Crippen molar-refractivity contribution in [2.75, 3.05) is 26.3 Å². The van der Waals surface area contributed by atoms with Crippen LogP contribution >= 0.6 is 23.8 Å². The summed E-state index contributed by atoms with van der Waals surface area (Å²) < 4.78 is 11.3. The molecule has 0 radical (unpaired) electrons. The van der Waals surface area contributed by atoms with E-state index in [1.54, 1.807) is 0 Å². The Morgan fingerprint density at radius 3 is 2.32 bits per heavy atom. The van der Waals surface area contributed by atoms with Crippen molar-refractivity contribution in [3.05, 3.63) is 59.1 Å². The minimum absolute atomic E-state index is 0.442. The molecular formula is C20H22ClNO2S. The lowest BCUT2D eigenvalue weighted by Gasteiger charge is -2.29. The van der Waals surface area contributed by atoms with Gasteiger partial charge in [-0.1, -0.05) is 36.0 Å². The van der Waals surface area contributed by atoms with Crippen molar-refractivity contribution in [3.8, 4) is 11.5 Å². The number of thiocarbonyl (C=S) groups is 1. The van der Waals surface area contributed by atoms with Gasteiger partial charge in [0.15, 0.2) is 0 Å². The number of rotatable bonds is 6. The Kier molecular flexibility index (Phi) is 6.54. The van der Waals surface area contributed by atoms with Crippen LogP contribution in [0.25, 0.3) is 0 Å². The first-order valence-corrected chi connectivity index (χ1v) is 9.42. The second kappa shape index (κ2) is 9.07. The summed E-state index contributed by atoms with van der Waals surface area (Å²) in [5.41, 5.74) is 1.08. The molecule has 0 unspecified atom stereocenters. The third-order valence-corrected chi connectivity index (χ3v) is 5.00. The number of benzene rings is 2. The minimum atomic E-state index is 0.442. The first-order valence-electron chi connectivity index (χ1n) is 8.63. The van der Waals surface area contributed by atoms with Crippen LogP contribution in [0.1, 0.15) is 24.8 Å². The van der Waals surface area contributed by atoms with Crippen molar-refractivity contribution in [3.63, 3.8) is 0 Å². The van der Waals surface area contributed by atoms with Crippen molar-refractivity contribution in [2.45, 2.75) is 19.3 Å². The first-order chi connectivity index (χ1) is 12.2. The summed E-state index contributed by atoms with van der Waals surface area (Å²) in [5, 5.41) is 0.609. The lowest BCUT2D eigenvalue weighted by atomic mass is 10.1. The number of hydrogen-bond donors (Lipinski definition) is 0. The molecule has 0 aromatic heterocycles. The van der Waals surface area contributed by atoms with Crippen LogP contribution in [0.15, 0.2) is 48.5 Å². The highest BCUT2D eigenvalue weighted by molar-refractivity contribution is 7.80. The molecule has 0 bridgehead atoms. The van der Waals surface area contributed by atoms with Gasteiger partial charge in [0.05, 0.1) is 5.02 Å². The highest BCUT2D eigenvalue weighted by Gasteiger charge is 2.14. The Hall–Kier alpha value is -1.78.